The molecule has 0 aliphatic rings. The SMILES string of the molecule is Clc1ccc(NCCCc2ccccc2)c(I)c1. The van der Waals surface area contributed by atoms with Gasteiger partial charge in [-0.1, -0.05) is 41.9 Å². The molecule has 0 aliphatic heterocycles. The Kier molecular flexibility index (Phi) is 5.32. The van der Waals surface area contributed by atoms with Crippen LogP contribution in [-0.2, 0) is 6.42 Å². The fourth-order valence-electron chi connectivity index (χ4n) is 1.79. The predicted molar refractivity (Wildman–Crippen MR) is 87.4 cm³/mol. The molecule has 0 unspecified atom stereocenters. The fourth-order valence-corrected chi connectivity index (χ4v) is 2.86. The summed E-state index contributed by atoms with van der Waals surface area (Å²) in [7, 11) is 0. The molecule has 94 valence electrons. The van der Waals surface area contributed by atoms with Crippen molar-refractivity contribution < 1.29 is 0 Å². The quantitative estimate of drug-likeness (QED) is 0.577. The van der Waals surface area contributed by atoms with E-state index >= 15 is 0 Å². The molecule has 0 radical (unpaired) electrons. The van der Waals surface area contributed by atoms with Crippen LogP contribution in [0.1, 0.15) is 12.0 Å². The second kappa shape index (κ2) is 7.00. The van der Waals surface area contributed by atoms with Gasteiger partial charge in [0.15, 0.2) is 0 Å². The van der Waals surface area contributed by atoms with E-state index in [0.717, 1.165) is 30.1 Å². The molecule has 0 saturated carbocycles. The van der Waals surface area contributed by atoms with Crippen molar-refractivity contribution in [3.63, 3.8) is 0 Å². The lowest BCUT2D eigenvalue weighted by Crippen LogP contribution is -2.04. The average Bonchev–Trinajstić information content (AvgIpc) is 2.38. The molecule has 2 rings (SSSR count). The third-order valence-corrected chi connectivity index (χ3v) is 3.86. The molecule has 2 aromatic rings. The zero-order valence-electron chi connectivity index (χ0n) is 10.00. The minimum absolute atomic E-state index is 0.786. The number of hydrogen-bond donors (Lipinski definition) is 1. The Labute approximate surface area is 127 Å². The van der Waals surface area contributed by atoms with E-state index in [0.29, 0.717) is 0 Å². The molecular formula is C15H15ClIN. The second-order valence-electron chi connectivity index (χ2n) is 4.14. The highest BCUT2D eigenvalue weighted by Gasteiger charge is 1.99. The number of halogens is 2. The number of aryl methyl sites for hydroxylation is 1. The summed E-state index contributed by atoms with van der Waals surface area (Å²) in [4.78, 5) is 0. The lowest BCUT2D eigenvalue weighted by Gasteiger charge is -2.08. The maximum atomic E-state index is 5.93. The van der Waals surface area contributed by atoms with E-state index in [2.05, 4.69) is 58.2 Å². The maximum absolute atomic E-state index is 5.93. The highest BCUT2D eigenvalue weighted by Crippen LogP contribution is 2.22. The molecule has 18 heavy (non-hydrogen) atoms. The van der Waals surface area contributed by atoms with E-state index in [1.54, 1.807) is 0 Å². The van der Waals surface area contributed by atoms with Crippen LogP contribution in [0.5, 0.6) is 0 Å². The summed E-state index contributed by atoms with van der Waals surface area (Å²) < 4.78 is 1.17. The van der Waals surface area contributed by atoms with Gasteiger partial charge in [-0.3, -0.25) is 0 Å². The van der Waals surface area contributed by atoms with Gasteiger partial charge in [0.05, 0.1) is 0 Å². The lowest BCUT2D eigenvalue weighted by atomic mass is 10.1. The van der Waals surface area contributed by atoms with E-state index in [-0.39, 0.29) is 0 Å². The van der Waals surface area contributed by atoms with E-state index < -0.39 is 0 Å². The van der Waals surface area contributed by atoms with Crippen LogP contribution in [-0.4, -0.2) is 6.54 Å². The van der Waals surface area contributed by atoms with Gasteiger partial charge in [-0.2, -0.15) is 0 Å². The monoisotopic (exact) mass is 371 g/mol. The Bertz CT molecular complexity index is 499. The minimum atomic E-state index is 0.786. The second-order valence-corrected chi connectivity index (χ2v) is 5.74. The highest BCUT2D eigenvalue weighted by molar-refractivity contribution is 14.1. The topological polar surface area (TPSA) is 12.0 Å². The third-order valence-electron chi connectivity index (χ3n) is 2.73. The average molecular weight is 372 g/mol. The van der Waals surface area contributed by atoms with Crippen molar-refractivity contribution in [3.05, 3.63) is 62.7 Å². The molecule has 3 heteroatoms. The molecular weight excluding hydrogens is 357 g/mol. The van der Waals surface area contributed by atoms with Crippen molar-refractivity contribution in [1.82, 2.24) is 0 Å². The normalized spacial score (nSPS) is 10.3. The summed E-state index contributed by atoms with van der Waals surface area (Å²) in [5.41, 5.74) is 2.55. The van der Waals surface area contributed by atoms with Gasteiger partial charge < -0.3 is 5.32 Å². The van der Waals surface area contributed by atoms with Crippen LogP contribution in [0.25, 0.3) is 0 Å². The van der Waals surface area contributed by atoms with E-state index in [9.17, 15) is 0 Å². The van der Waals surface area contributed by atoms with Crippen LogP contribution in [0.4, 0.5) is 5.69 Å². The van der Waals surface area contributed by atoms with Crippen LogP contribution in [0, 0.1) is 3.57 Å². The highest BCUT2D eigenvalue weighted by atomic mass is 127. The molecule has 1 N–H and O–H groups in total. The van der Waals surface area contributed by atoms with Crippen LogP contribution in [0.3, 0.4) is 0 Å². The Morgan fingerprint density at radius 1 is 1.06 bits per heavy atom. The van der Waals surface area contributed by atoms with Crippen molar-refractivity contribution in [2.75, 3.05) is 11.9 Å². The molecule has 0 atom stereocenters. The zero-order valence-corrected chi connectivity index (χ0v) is 12.9. The molecule has 0 spiro atoms. The van der Waals surface area contributed by atoms with Crippen LogP contribution in [0.2, 0.25) is 5.02 Å². The lowest BCUT2D eigenvalue weighted by molar-refractivity contribution is 0.862. The zero-order chi connectivity index (χ0) is 12.8. The van der Waals surface area contributed by atoms with Crippen molar-refractivity contribution in [1.29, 1.82) is 0 Å². The first-order valence-corrected chi connectivity index (χ1v) is 7.44. The fraction of sp³-hybridized carbons (Fsp3) is 0.200. The number of anilines is 1. The molecule has 0 saturated heterocycles. The van der Waals surface area contributed by atoms with Gasteiger partial charge in [0.1, 0.15) is 0 Å². The Hall–Kier alpha value is -0.740. The predicted octanol–water partition coefficient (Wildman–Crippen LogP) is 4.99. The first kappa shape index (κ1) is 13.7. The van der Waals surface area contributed by atoms with Gasteiger partial charge in [0.25, 0.3) is 0 Å². The maximum Gasteiger partial charge on any atom is 0.0476 e. The Balaban J connectivity index is 1.79. The van der Waals surface area contributed by atoms with Crippen LogP contribution < -0.4 is 5.32 Å². The summed E-state index contributed by atoms with van der Waals surface area (Å²) in [5.74, 6) is 0. The van der Waals surface area contributed by atoms with Gasteiger partial charge in [0, 0.05) is 20.8 Å². The molecule has 0 bridgehead atoms. The third kappa shape index (κ3) is 4.18. The molecule has 0 heterocycles. The van der Waals surface area contributed by atoms with Crippen molar-refractivity contribution >= 4 is 39.9 Å². The minimum Gasteiger partial charge on any atom is -0.384 e. The first-order valence-electron chi connectivity index (χ1n) is 5.98. The van der Waals surface area contributed by atoms with Crippen molar-refractivity contribution in [2.45, 2.75) is 12.8 Å². The standard InChI is InChI=1S/C15H15ClIN/c16-13-8-9-15(14(17)11-13)18-10-4-7-12-5-2-1-3-6-12/h1-3,5-6,8-9,11,18H,4,7,10H2. The van der Waals surface area contributed by atoms with Crippen molar-refractivity contribution in [2.24, 2.45) is 0 Å². The van der Waals surface area contributed by atoms with Gasteiger partial charge in [0.2, 0.25) is 0 Å². The molecule has 0 aromatic heterocycles. The summed E-state index contributed by atoms with van der Waals surface area (Å²) in [6.45, 7) is 0.979. The van der Waals surface area contributed by atoms with Crippen LogP contribution >= 0.6 is 34.2 Å². The Morgan fingerprint density at radius 2 is 1.83 bits per heavy atom. The molecule has 0 amide bonds. The summed E-state index contributed by atoms with van der Waals surface area (Å²) in [5, 5.41) is 4.23. The van der Waals surface area contributed by atoms with E-state index in [1.807, 2.05) is 18.2 Å². The Morgan fingerprint density at radius 3 is 2.56 bits per heavy atom. The van der Waals surface area contributed by atoms with Gasteiger partial charge in [-0.25, -0.2) is 0 Å². The number of hydrogen-bond acceptors (Lipinski definition) is 1. The first-order chi connectivity index (χ1) is 8.75. The van der Waals surface area contributed by atoms with Gasteiger partial charge in [-0.15, -0.1) is 0 Å². The smallest absolute Gasteiger partial charge is 0.0476 e. The molecule has 2 aromatic carbocycles. The summed E-state index contributed by atoms with van der Waals surface area (Å²) in [6, 6.07) is 16.5. The summed E-state index contributed by atoms with van der Waals surface area (Å²) in [6.07, 6.45) is 2.24. The summed E-state index contributed by atoms with van der Waals surface area (Å²) >= 11 is 8.23. The van der Waals surface area contributed by atoms with E-state index in [4.69, 9.17) is 11.6 Å². The number of nitrogens with one attached hydrogen (secondary N) is 1. The largest absolute Gasteiger partial charge is 0.384 e. The number of rotatable bonds is 5. The van der Waals surface area contributed by atoms with Gasteiger partial charge in [-0.05, 0) is 59.2 Å². The van der Waals surface area contributed by atoms with Gasteiger partial charge >= 0.3 is 0 Å². The molecule has 0 aliphatic carbocycles. The van der Waals surface area contributed by atoms with E-state index in [1.165, 1.54) is 9.13 Å². The van der Waals surface area contributed by atoms with Crippen LogP contribution in [0.15, 0.2) is 48.5 Å². The van der Waals surface area contributed by atoms with Crippen molar-refractivity contribution in [3.8, 4) is 0 Å². The molecule has 0 fully saturated rings. The molecule has 1 nitrogen and oxygen atoms in total. The number of benzene rings is 2.